The van der Waals surface area contributed by atoms with Gasteiger partial charge in [-0.05, 0) is 69.1 Å². The van der Waals surface area contributed by atoms with Crippen LogP contribution >= 0.6 is 11.6 Å². The Morgan fingerprint density at radius 3 is 2.33 bits per heavy atom. The lowest BCUT2D eigenvalue weighted by Crippen LogP contribution is -2.52. The van der Waals surface area contributed by atoms with E-state index < -0.39 is 5.91 Å². The molecular formula is C36H43ClN8O4. The number of amides is 3. The Bertz CT molecular complexity index is 1840. The van der Waals surface area contributed by atoms with Crippen molar-refractivity contribution in [3.63, 3.8) is 0 Å². The van der Waals surface area contributed by atoms with Crippen LogP contribution < -0.4 is 10.6 Å². The molecule has 4 aromatic rings. The van der Waals surface area contributed by atoms with Crippen molar-refractivity contribution in [2.24, 2.45) is 13.0 Å². The number of imidazole rings is 1. The normalized spacial score (nSPS) is 15.4. The highest BCUT2D eigenvalue weighted by Gasteiger charge is 2.30. The minimum absolute atomic E-state index is 0.0625. The van der Waals surface area contributed by atoms with E-state index in [4.69, 9.17) is 16.3 Å². The van der Waals surface area contributed by atoms with Gasteiger partial charge in [-0.15, -0.1) is 0 Å². The van der Waals surface area contributed by atoms with Crippen LogP contribution in [0.4, 0.5) is 5.69 Å². The molecule has 0 saturated carbocycles. The summed E-state index contributed by atoms with van der Waals surface area (Å²) in [6.45, 7) is 9.01. The van der Waals surface area contributed by atoms with Crippen molar-refractivity contribution in [2.75, 3.05) is 58.3 Å². The topological polar surface area (TPSA) is 127 Å². The molecule has 0 atom stereocenters. The molecule has 2 aliphatic heterocycles. The van der Waals surface area contributed by atoms with Crippen molar-refractivity contribution in [1.82, 2.24) is 34.4 Å². The number of rotatable bonds is 9. The molecule has 6 rings (SSSR count). The SMILES string of the molecule is COCCn1nc(C)c(-c2ccc(-c3cnc(C(=O)Nc4ccc(C(=O)N5CCN(C(=O)C6CCNCC6)CC5)c(Cl)c4)n3C)cc2)c1C. The highest BCUT2D eigenvalue weighted by molar-refractivity contribution is 6.34. The van der Waals surface area contributed by atoms with Crippen LogP contribution in [-0.2, 0) is 23.1 Å². The largest absolute Gasteiger partial charge is 0.383 e. The van der Waals surface area contributed by atoms with Crippen LogP contribution in [-0.4, -0.2) is 99.8 Å². The van der Waals surface area contributed by atoms with Crippen LogP contribution in [0.2, 0.25) is 5.02 Å². The molecule has 0 aliphatic carbocycles. The molecule has 2 aromatic heterocycles. The number of carbonyl (C=O) groups excluding carboxylic acids is 3. The number of piperazine rings is 1. The Kier molecular flexibility index (Phi) is 10.5. The van der Waals surface area contributed by atoms with E-state index in [9.17, 15) is 14.4 Å². The van der Waals surface area contributed by atoms with E-state index in [0.717, 1.165) is 59.7 Å². The van der Waals surface area contributed by atoms with E-state index in [1.807, 2.05) is 28.6 Å². The van der Waals surface area contributed by atoms with E-state index in [-0.39, 0.29) is 28.6 Å². The summed E-state index contributed by atoms with van der Waals surface area (Å²) in [5, 5.41) is 11.1. The predicted octanol–water partition coefficient (Wildman–Crippen LogP) is 4.40. The first-order chi connectivity index (χ1) is 23.7. The van der Waals surface area contributed by atoms with Crippen molar-refractivity contribution >= 4 is 35.0 Å². The monoisotopic (exact) mass is 686 g/mol. The fraction of sp³-hybridized carbons (Fsp3) is 0.417. The van der Waals surface area contributed by atoms with Gasteiger partial charge in [0.1, 0.15) is 0 Å². The minimum atomic E-state index is -0.398. The second-order valence-corrected chi connectivity index (χ2v) is 13.1. The number of hydrogen-bond donors (Lipinski definition) is 2. The highest BCUT2D eigenvalue weighted by Crippen LogP contribution is 2.30. The van der Waals surface area contributed by atoms with Crippen molar-refractivity contribution in [1.29, 1.82) is 0 Å². The molecule has 0 bridgehead atoms. The zero-order chi connectivity index (χ0) is 34.7. The number of nitrogens with zero attached hydrogens (tertiary/aromatic N) is 6. The third-order valence-electron chi connectivity index (χ3n) is 9.57. The molecule has 2 N–H and O–H groups in total. The average Bonchev–Trinajstić information content (AvgIpc) is 3.64. The number of carbonyl (C=O) groups is 3. The van der Waals surface area contributed by atoms with Gasteiger partial charge in [0.25, 0.3) is 11.8 Å². The van der Waals surface area contributed by atoms with Crippen LogP contribution in [0.25, 0.3) is 22.4 Å². The maximum Gasteiger partial charge on any atom is 0.291 e. The zero-order valence-corrected chi connectivity index (χ0v) is 29.2. The van der Waals surface area contributed by atoms with Gasteiger partial charge in [0.15, 0.2) is 5.82 Å². The molecule has 3 amide bonds. The fourth-order valence-corrected chi connectivity index (χ4v) is 7.05. The summed E-state index contributed by atoms with van der Waals surface area (Å²) in [7, 11) is 3.48. The summed E-state index contributed by atoms with van der Waals surface area (Å²) in [6.07, 6.45) is 3.39. The van der Waals surface area contributed by atoms with E-state index in [1.54, 1.807) is 48.0 Å². The Labute approximate surface area is 291 Å². The Morgan fingerprint density at radius 2 is 1.65 bits per heavy atom. The number of methoxy groups -OCH3 is 1. The molecule has 2 aromatic carbocycles. The molecule has 0 spiro atoms. The number of halogens is 1. The van der Waals surface area contributed by atoms with Gasteiger partial charge in [0.05, 0.1) is 41.3 Å². The van der Waals surface area contributed by atoms with E-state index >= 15 is 0 Å². The second-order valence-electron chi connectivity index (χ2n) is 12.7. The Morgan fingerprint density at radius 1 is 0.980 bits per heavy atom. The molecule has 13 heteroatoms. The summed E-state index contributed by atoms with van der Waals surface area (Å²) in [5.41, 5.74) is 6.71. The van der Waals surface area contributed by atoms with Gasteiger partial charge in [-0.3, -0.25) is 19.1 Å². The quantitative estimate of drug-likeness (QED) is 0.267. The number of piperidine rings is 1. The number of hydrogen-bond acceptors (Lipinski definition) is 7. The van der Waals surface area contributed by atoms with Gasteiger partial charge >= 0.3 is 0 Å². The van der Waals surface area contributed by atoms with Crippen LogP contribution in [0, 0.1) is 19.8 Å². The zero-order valence-electron chi connectivity index (χ0n) is 28.5. The molecule has 49 heavy (non-hydrogen) atoms. The summed E-state index contributed by atoms with van der Waals surface area (Å²) in [5.74, 6) is -0.106. The summed E-state index contributed by atoms with van der Waals surface area (Å²) >= 11 is 6.57. The summed E-state index contributed by atoms with van der Waals surface area (Å²) in [4.78, 5) is 47.5. The minimum Gasteiger partial charge on any atom is -0.383 e. The number of aromatic nitrogens is 4. The van der Waals surface area contributed by atoms with Gasteiger partial charge in [-0.2, -0.15) is 5.10 Å². The Hall–Kier alpha value is -4.52. The van der Waals surface area contributed by atoms with Crippen LogP contribution in [0.1, 0.15) is 45.2 Å². The lowest BCUT2D eigenvalue weighted by molar-refractivity contribution is -0.137. The van der Waals surface area contributed by atoms with Crippen molar-refractivity contribution in [3.8, 4) is 22.4 Å². The Balaban J connectivity index is 1.07. The van der Waals surface area contributed by atoms with Crippen molar-refractivity contribution < 1.29 is 19.1 Å². The number of ether oxygens (including phenoxy) is 1. The van der Waals surface area contributed by atoms with Crippen LogP contribution in [0.3, 0.4) is 0 Å². The number of aryl methyl sites for hydroxylation is 1. The molecule has 0 radical (unpaired) electrons. The highest BCUT2D eigenvalue weighted by atomic mass is 35.5. The molecule has 2 saturated heterocycles. The fourth-order valence-electron chi connectivity index (χ4n) is 6.79. The molecule has 2 fully saturated rings. The molecule has 2 aliphatic rings. The lowest BCUT2D eigenvalue weighted by atomic mass is 9.96. The third-order valence-corrected chi connectivity index (χ3v) is 9.89. The number of anilines is 1. The van der Waals surface area contributed by atoms with Crippen LogP contribution in [0.15, 0.2) is 48.7 Å². The molecule has 12 nitrogen and oxygen atoms in total. The maximum absolute atomic E-state index is 13.3. The van der Waals surface area contributed by atoms with Gasteiger partial charge in [0, 0.05) is 63.2 Å². The first-order valence-corrected chi connectivity index (χ1v) is 17.1. The predicted molar refractivity (Wildman–Crippen MR) is 189 cm³/mol. The molecule has 0 unspecified atom stereocenters. The smallest absolute Gasteiger partial charge is 0.291 e. The maximum atomic E-state index is 13.3. The van der Waals surface area contributed by atoms with Gasteiger partial charge in [-0.25, -0.2) is 4.98 Å². The van der Waals surface area contributed by atoms with Crippen LogP contribution in [0.5, 0.6) is 0 Å². The molecule has 258 valence electrons. The van der Waals surface area contributed by atoms with Gasteiger partial charge in [-0.1, -0.05) is 35.9 Å². The third kappa shape index (κ3) is 7.26. The first kappa shape index (κ1) is 34.3. The number of nitrogens with one attached hydrogen (secondary N) is 2. The standard InChI is InChI=1S/C36H43ClN8O4/c1-23-32(24(2)45(41-23)19-20-49-4)26-7-5-25(6-8-26)31-22-39-33(42(31)3)34(46)40-28-9-10-29(30(37)21-28)36(48)44-17-15-43(16-18-44)35(47)27-11-13-38-14-12-27/h5-10,21-22,27,38H,11-20H2,1-4H3,(H,40,46). The van der Waals surface area contributed by atoms with E-state index in [0.29, 0.717) is 50.6 Å². The van der Waals surface area contributed by atoms with Crippen molar-refractivity contribution in [2.45, 2.75) is 33.2 Å². The van der Waals surface area contributed by atoms with Crippen molar-refractivity contribution in [3.05, 3.63) is 76.5 Å². The van der Waals surface area contributed by atoms with E-state index in [1.165, 1.54) is 0 Å². The summed E-state index contributed by atoms with van der Waals surface area (Å²) in [6, 6.07) is 13.0. The van der Waals surface area contributed by atoms with Gasteiger partial charge in [0.2, 0.25) is 5.91 Å². The first-order valence-electron chi connectivity index (χ1n) is 16.7. The average molecular weight is 687 g/mol. The van der Waals surface area contributed by atoms with E-state index in [2.05, 4.69) is 39.8 Å². The number of benzene rings is 2. The van der Waals surface area contributed by atoms with Gasteiger partial charge < -0.3 is 29.7 Å². The molecule has 4 heterocycles. The summed E-state index contributed by atoms with van der Waals surface area (Å²) < 4.78 is 8.93. The molecular weight excluding hydrogens is 644 g/mol. The lowest BCUT2D eigenvalue weighted by Gasteiger charge is -2.37. The second kappa shape index (κ2) is 14.9.